The highest BCUT2D eigenvalue weighted by molar-refractivity contribution is 5.90. The molecule has 114 valence electrons. The molecule has 0 radical (unpaired) electrons. The molecule has 4 nitrogen and oxygen atoms in total. The average Bonchev–Trinajstić information content (AvgIpc) is 2.67. The second-order valence-electron chi connectivity index (χ2n) is 4.92. The van der Waals surface area contributed by atoms with Crippen LogP contribution in [0.5, 0.6) is 5.75 Å². The number of alkyl halides is 3. The number of nitrogens with two attached hydrogens (primary N) is 1. The van der Waals surface area contributed by atoms with E-state index in [4.69, 9.17) is 10.5 Å². The van der Waals surface area contributed by atoms with Crippen LogP contribution < -0.4 is 5.73 Å². The van der Waals surface area contributed by atoms with Crippen LogP contribution in [0, 0.1) is 5.92 Å². The molecule has 1 aliphatic rings. The molecular formula is C14H14F3NO3. The fourth-order valence-corrected chi connectivity index (χ4v) is 2.31. The van der Waals surface area contributed by atoms with Crippen molar-refractivity contribution in [3.05, 3.63) is 35.4 Å². The maximum atomic E-state index is 13.0. The lowest BCUT2D eigenvalue weighted by Gasteiger charge is -2.16. The predicted molar refractivity (Wildman–Crippen MR) is 69.4 cm³/mol. The molecule has 0 aliphatic carbocycles. The van der Waals surface area contributed by atoms with Gasteiger partial charge in [0.2, 0.25) is 0 Å². The SMILES string of the molecule is C=C1C(=O)OC[C@H]1CCc1c(O)cc(N)cc1C(F)(F)F. The highest BCUT2D eigenvalue weighted by atomic mass is 19.4. The zero-order valence-corrected chi connectivity index (χ0v) is 11.0. The Balaban J connectivity index is 2.24. The molecule has 1 atom stereocenters. The summed E-state index contributed by atoms with van der Waals surface area (Å²) < 4.78 is 43.7. The number of hydrogen-bond donors (Lipinski definition) is 2. The molecule has 0 bridgehead atoms. The maximum Gasteiger partial charge on any atom is 0.416 e. The van der Waals surface area contributed by atoms with Crippen LogP contribution in [0.3, 0.4) is 0 Å². The Morgan fingerprint density at radius 2 is 2.10 bits per heavy atom. The van der Waals surface area contributed by atoms with E-state index in [1.165, 1.54) is 0 Å². The van der Waals surface area contributed by atoms with Crippen molar-refractivity contribution in [3.63, 3.8) is 0 Å². The summed E-state index contributed by atoms with van der Waals surface area (Å²) in [6.45, 7) is 3.66. The van der Waals surface area contributed by atoms with Gasteiger partial charge in [0.05, 0.1) is 12.2 Å². The first-order valence-electron chi connectivity index (χ1n) is 6.24. The Morgan fingerprint density at radius 3 is 2.62 bits per heavy atom. The van der Waals surface area contributed by atoms with Gasteiger partial charge in [0, 0.05) is 28.8 Å². The fraction of sp³-hybridized carbons (Fsp3) is 0.357. The Hall–Kier alpha value is -2.18. The van der Waals surface area contributed by atoms with Gasteiger partial charge in [-0.15, -0.1) is 0 Å². The molecule has 21 heavy (non-hydrogen) atoms. The van der Waals surface area contributed by atoms with E-state index in [1.807, 2.05) is 0 Å². The predicted octanol–water partition coefficient (Wildman–Crippen LogP) is 2.66. The minimum absolute atomic E-state index is 0.0543. The van der Waals surface area contributed by atoms with E-state index in [0.717, 1.165) is 12.1 Å². The molecule has 1 fully saturated rings. The van der Waals surface area contributed by atoms with Gasteiger partial charge in [0.25, 0.3) is 0 Å². The van der Waals surface area contributed by atoms with Crippen LogP contribution in [0.4, 0.5) is 18.9 Å². The molecule has 1 aromatic rings. The summed E-state index contributed by atoms with van der Waals surface area (Å²) in [5.74, 6) is -1.37. The van der Waals surface area contributed by atoms with Gasteiger partial charge in [-0.25, -0.2) is 4.79 Å². The summed E-state index contributed by atoms with van der Waals surface area (Å²) >= 11 is 0. The van der Waals surface area contributed by atoms with Crippen molar-refractivity contribution in [2.24, 2.45) is 5.92 Å². The third kappa shape index (κ3) is 3.12. The fourth-order valence-electron chi connectivity index (χ4n) is 2.31. The molecule has 1 saturated heterocycles. The largest absolute Gasteiger partial charge is 0.508 e. The van der Waals surface area contributed by atoms with Crippen molar-refractivity contribution in [2.75, 3.05) is 12.3 Å². The molecule has 0 spiro atoms. The van der Waals surface area contributed by atoms with Crippen LogP contribution in [-0.4, -0.2) is 17.7 Å². The lowest BCUT2D eigenvalue weighted by molar-refractivity contribution is -0.138. The monoisotopic (exact) mass is 301 g/mol. The summed E-state index contributed by atoms with van der Waals surface area (Å²) in [6, 6.07) is 1.87. The first kappa shape index (κ1) is 15.2. The highest BCUT2D eigenvalue weighted by Gasteiger charge is 2.36. The number of anilines is 1. The summed E-state index contributed by atoms with van der Waals surface area (Å²) in [4.78, 5) is 11.2. The molecule has 0 aromatic heterocycles. The van der Waals surface area contributed by atoms with Gasteiger partial charge in [0.1, 0.15) is 5.75 Å². The minimum atomic E-state index is -4.61. The number of nitrogen functional groups attached to an aromatic ring is 1. The number of ether oxygens (including phenoxy) is 1. The molecule has 1 aliphatic heterocycles. The zero-order chi connectivity index (χ0) is 15.8. The van der Waals surface area contributed by atoms with Gasteiger partial charge in [-0.05, 0) is 18.9 Å². The van der Waals surface area contributed by atoms with Gasteiger partial charge in [0.15, 0.2) is 0 Å². The average molecular weight is 301 g/mol. The first-order chi connectivity index (χ1) is 9.70. The van der Waals surface area contributed by atoms with E-state index in [-0.39, 0.29) is 42.2 Å². The molecule has 0 unspecified atom stereocenters. The second-order valence-corrected chi connectivity index (χ2v) is 4.92. The molecular weight excluding hydrogens is 287 g/mol. The van der Waals surface area contributed by atoms with Crippen molar-refractivity contribution in [2.45, 2.75) is 19.0 Å². The summed E-state index contributed by atoms with van der Waals surface area (Å²) in [6.07, 6.45) is -4.44. The van der Waals surface area contributed by atoms with Crippen molar-refractivity contribution in [1.29, 1.82) is 0 Å². The number of hydrogen-bond acceptors (Lipinski definition) is 4. The Bertz CT molecular complexity index is 596. The van der Waals surface area contributed by atoms with Crippen molar-refractivity contribution < 1.29 is 27.8 Å². The molecule has 2 rings (SSSR count). The van der Waals surface area contributed by atoms with E-state index >= 15 is 0 Å². The zero-order valence-electron chi connectivity index (χ0n) is 11.0. The van der Waals surface area contributed by atoms with E-state index in [0.29, 0.717) is 0 Å². The maximum absolute atomic E-state index is 13.0. The van der Waals surface area contributed by atoms with E-state index < -0.39 is 23.5 Å². The number of carbonyl (C=O) groups excluding carboxylic acids is 1. The van der Waals surface area contributed by atoms with Crippen LogP contribution in [0.25, 0.3) is 0 Å². The molecule has 3 N–H and O–H groups in total. The number of benzene rings is 1. The van der Waals surface area contributed by atoms with Crippen LogP contribution in [0.1, 0.15) is 17.5 Å². The Morgan fingerprint density at radius 1 is 1.43 bits per heavy atom. The molecule has 7 heteroatoms. The third-order valence-corrected chi connectivity index (χ3v) is 3.47. The number of esters is 1. The Labute approximate surface area is 119 Å². The van der Waals surface area contributed by atoms with Crippen molar-refractivity contribution >= 4 is 11.7 Å². The summed E-state index contributed by atoms with van der Waals surface area (Å²) in [5, 5.41) is 9.73. The standard InChI is InChI=1S/C14H14F3NO3/c1-7-8(6-21-13(7)20)2-3-10-11(14(15,16)17)4-9(18)5-12(10)19/h4-5,8,19H,1-3,6,18H2/t8-/m1/s1. The van der Waals surface area contributed by atoms with Crippen molar-refractivity contribution in [1.82, 2.24) is 0 Å². The van der Waals surface area contributed by atoms with Crippen molar-refractivity contribution in [3.8, 4) is 5.75 Å². The van der Waals surface area contributed by atoms with Crippen LogP contribution in [0.15, 0.2) is 24.3 Å². The van der Waals surface area contributed by atoms with E-state index in [2.05, 4.69) is 6.58 Å². The quantitative estimate of drug-likeness (QED) is 0.511. The number of carbonyl (C=O) groups is 1. The second kappa shape index (κ2) is 5.31. The molecule has 1 heterocycles. The van der Waals surface area contributed by atoms with Gasteiger partial charge >= 0.3 is 12.1 Å². The van der Waals surface area contributed by atoms with Gasteiger partial charge in [-0.1, -0.05) is 6.58 Å². The van der Waals surface area contributed by atoms with Crippen LogP contribution >= 0.6 is 0 Å². The van der Waals surface area contributed by atoms with Crippen LogP contribution in [-0.2, 0) is 22.1 Å². The number of cyclic esters (lactones) is 1. The first-order valence-corrected chi connectivity index (χ1v) is 6.24. The van der Waals surface area contributed by atoms with Gasteiger partial charge in [-0.3, -0.25) is 0 Å². The number of phenolic OH excluding ortho intramolecular Hbond substituents is 1. The normalized spacial score (nSPS) is 18.9. The topological polar surface area (TPSA) is 72.5 Å². The minimum Gasteiger partial charge on any atom is -0.508 e. The van der Waals surface area contributed by atoms with Gasteiger partial charge in [-0.2, -0.15) is 13.2 Å². The van der Waals surface area contributed by atoms with Crippen LogP contribution in [0.2, 0.25) is 0 Å². The number of phenols is 1. The number of rotatable bonds is 3. The molecule has 0 saturated carbocycles. The highest BCUT2D eigenvalue weighted by Crippen LogP contribution is 2.39. The number of halogens is 3. The lowest BCUT2D eigenvalue weighted by Crippen LogP contribution is -2.12. The van der Waals surface area contributed by atoms with E-state index in [9.17, 15) is 23.1 Å². The van der Waals surface area contributed by atoms with Gasteiger partial charge < -0.3 is 15.6 Å². The Kier molecular flexibility index (Phi) is 3.85. The summed E-state index contributed by atoms with van der Waals surface area (Å²) in [7, 11) is 0. The molecule has 1 aromatic carbocycles. The lowest BCUT2D eigenvalue weighted by atomic mass is 9.92. The molecule has 0 amide bonds. The summed E-state index contributed by atoms with van der Waals surface area (Å²) in [5.41, 5.74) is 4.24. The van der Waals surface area contributed by atoms with E-state index in [1.54, 1.807) is 0 Å². The smallest absolute Gasteiger partial charge is 0.416 e. The number of aromatic hydroxyl groups is 1. The third-order valence-electron chi connectivity index (χ3n) is 3.47.